The van der Waals surface area contributed by atoms with Gasteiger partial charge in [0.15, 0.2) is 0 Å². The van der Waals surface area contributed by atoms with Gasteiger partial charge in [-0.25, -0.2) is 4.39 Å². The first-order valence-electron chi connectivity index (χ1n) is 2.92. The molecule has 0 radical (unpaired) electrons. The predicted octanol–water partition coefficient (Wildman–Crippen LogP) is 0.662. The molecule has 0 saturated carbocycles. The molecule has 0 unspecified atom stereocenters. The first kappa shape index (κ1) is 13.1. The van der Waals surface area contributed by atoms with Gasteiger partial charge in [-0.3, -0.25) is 4.90 Å². The fourth-order valence-corrected chi connectivity index (χ4v) is 0.831. The van der Waals surface area contributed by atoms with Crippen molar-refractivity contribution in [3.63, 3.8) is 0 Å². The second kappa shape index (κ2) is 7.54. The lowest BCUT2D eigenvalue weighted by atomic mass is 10.4. The predicted molar refractivity (Wildman–Crippen MR) is 44.9 cm³/mol. The molecular formula is C5H13Cl2FN2. The summed E-state index contributed by atoms with van der Waals surface area (Å²) < 4.78 is 11.8. The highest BCUT2D eigenvalue weighted by atomic mass is 35.5. The topological polar surface area (TPSA) is 15.3 Å². The lowest BCUT2D eigenvalue weighted by molar-refractivity contribution is 0.166. The minimum absolute atomic E-state index is 0. The van der Waals surface area contributed by atoms with Gasteiger partial charge in [0, 0.05) is 26.2 Å². The van der Waals surface area contributed by atoms with Gasteiger partial charge in [0.2, 0.25) is 0 Å². The van der Waals surface area contributed by atoms with Gasteiger partial charge >= 0.3 is 0 Å². The van der Waals surface area contributed by atoms with E-state index in [4.69, 9.17) is 0 Å². The lowest BCUT2D eigenvalue weighted by Gasteiger charge is -2.23. The number of hydrogen-bond acceptors (Lipinski definition) is 2. The van der Waals surface area contributed by atoms with E-state index in [1.807, 2.05) is 0 Å². The Morgan fingerprint density at radius 2 is 1.70 bits per heavy atom. The molecular weight excluding hydrogens is 178 g/mol. The Balaban J connectivity index is 0. The van der Waals surface area contributed by atoms with Crippen LogP contribution in [0.15, 0.2) is 0 Å². The molecule has 0 amide bonds. The van der Waals surface area contributed by atoms with Crippen LogP contribution in [0.1, 0.15) is 0 Å². The molecule has 1 N–H and O–H groups in total. The van der Waals surface area contributed by atoms with Gasteiger partial charge in [-0.1, -0.05) is 0 Å². The monoisotopic (exact) mass is 190 g/mol. The molecule has 1 fully saturated rings. The summed E-state index contributed by atoms with van der Waals surface area (Å²) in [6.07, 6.45) is 0. The third kappa shape index (κ3) is 4.28. The van der Waals surface area contributed by atoms with Gasteiger partial charge < -0.3 is 5.32 Å². The zero-order valence-electron chi connectivity index (χ0n) is 5.68. The third-order valence-electron chi connectivity index (χ3n) is 1.38. The van der Waals surface area contributed by atoms with Crippen molar-refractivity contribution in [3.05, 3.63) is 0 Å². The second-order valence-electron chi connectivity index (χ2n) is 1.99. The minimum atomic E-state index is -0.290. The quantitative estimate of drug-likeness (QED) is 0.612. The normalized spacial score (nSPS) is 18.9. The highest BCUT2D eigenvalue weighted by Crippen LogP contribution is 1.89. The molecule has 0 aromatic carbocycles. The van der Waals surface area contributed by atoms with E-state index in [9.17, 15) is 4.39 Å². The van der Waals surface area contributed by atoms with E-state index in [0.29, 0.717) is 0 Å². The van der Waals surface area contributed by atoms with Crippen LogP contribution in [-0.2, 0) is 0 Å². The van der Waals surface area contributed by atoms with Crippen LogP contribution in [-0.4, -0.2) is 37.9 Å². The molecule has 10 heavy (non-hydrogen) atoms. The summed E-state index contributed by atoms with van der Waals surface area (Å²) in [7, 11) is 0. The average Bonchev–Trinajstić information content (AvgIpc) is 1.90. The van der Waals surface area contributed by atoms with Crippen LogP contribution >= 0.6 is 24.8 Å². The molecule has 0 aliphatic carbocycles. The van der Waals surface area contributed by atoms with E-state index in [1.54, 1.807) is 4.90 Å². The van der Waals surface area contributed by atoms with Crippen LogP contribution in [0.5, 0.6) is 0 Å². The molecule has 64 valence electrons. The molecule has 1 heterocycles. The maximum absolute atomic E-state index is 11.8. The van der Waals surface area contributed by atoms with E-state index >= 15 is 0 Å². The fourth-order valence-electron chi connectivity index (χ4n) is 0.831. The molecule has 1 aliphatic rings. The second-order valence-corrected chi connectivity index (χ2v) is 1.99. The van der Waals surface area contributed by atoms with E-state index in [1.165, 1.54) is 0 Å². The van der Waals surface area contributed by atoms with Gasteiger partial charge in [-0.15, -0.1) is 24.8 Å². The summed E-state index contributed by atoms with van der Waals surface area (Å²) in [6, 6.07) is 0. The summed E-state index contributed by atoms with van der Waals surface area (Å²) in [5.74, 6) is 0. The number of nitrogens with one attached hydrogen (secondary N) is 1. The van der Waals surface area contributed by atoms with Crippen molar-refractivity contribution < 1.29 is 4.39 Å². The van der Waals surface area contributed by atoms with Crippen LogP contribution in [0.25, 0.3) is 0 Å². The first-order valence-corrected chi connectivity index (χ1v) is 2.92. The number of hydrogen-bond donors (Lipinski definition) is 1. The largest absolute Gasteiger partial charge is 0.314 e. The Hall–Kier alpha value is 0.430. The van der Waals surface area contributed by atoms with Crippen LogP contribution in [0.3, 0.4) is 0 Å². The Labute approximate surface area is 73.0 Å². The van der Waals surface area contributed by atoms with Crippen molar-refractivity contribution in [2.24, 2.45) is 0 Å². The van der Waals surface area contributed by atoms with Crippen molar-refractivity contribution in [2.45, 2.75) is 0 Å². The number of rotatable bonds is 1. The highest BCUT2D eigenvalue weighted by molar-refractivity contribution is 5.85. The summed E-state index contributed by atoms with van der Waals surface area (Å²) in [4.78, 5) is 1.79. The molecule has 0 aromatic rings. The molecule has 0 bridgehead atoms. The molecule has 2 nitrogen and oxygen atoms in total. The van der Waals surface area contributed by atoms with E-state index in [-0.39, 0.29) is 31.6 Å². The summed E-state index contributed by atoms with van der Waals surface area (Å²) in [5, 5.41) is 3.14. The highest BCUT2D eigenvalue weighted by Gasteiger charge is 2.06. The molecule has 1 aliphatic heterocycles. The van der Waals surface area contributed by atoms with Crippen LogP contribution in [0, 0.1) is 0 Å². The van der Waals surface area contributed by atoms with Crippen LogP contribution in [0.2, 0.25) is 0 Å². The summed E-state index contributed by atoms with van der Waals surface area (Å²) >= 11 is 0. The van der Waals surface area contributed by atoms with Crippen LogP contribution < -0.4 is 5.32 Å². The number of halogens is 3. The molecule has 5 heteroatoms. The minimum Gasteiger partial charge on any atom is -0.314 e. The molecule has 1 rings (SSSR count). The average molecular weight is 191 g/mol. The fraction of sp³-hybridized carbons (Fsp3) is 1.00. The lowest BCUT2D eigenvalue weighted by Crippen LogP contribution is -2.42. The number of nitrogens with zero attached hydrogens (tertiary/aromatic N) is 1. The number of alkyl halides is 1. The zero-order valence-corrected chi connectivity index (χ0v) is 7.31. The van der Waals surface area contributed by atoms with E-state index in [2.05, 4.69) is 5.32 Å². The van der Waals surface area contributed by atoms with Gasteiger partial charge in [0.05, 0.1) is 0 Å². The standard InChI is InChI=1S/C5H11FN2.2ClH/c6-5-8-3-1-7-2-4-8;;/h7H,1-5H2;2*1H. The first-order chi connectivity index (χ1) is 3.93. The molecule has 0 atom stereocenters. The van der Waals surface area contributed by atoms with E-state index in [0.717, 1.165) is 26.2 Å². The molecule has 1 saturated heterocycles. The van der Waals surface area contributed by atoms with Crippen molar-refractivity contribution in [1.82, 2.24) is 10.2 Å². The SMILES string of the molecule is Cl.Cl.FCN1CCNCC1. The summed E-state index contributed by atoms with van der Waals surface area (Å²) in [6.45, 7) is 3.29. The molecule has 0 spiro atoms. The maximum Gasteiger partial charge on any atom is 0.143 e. The van der Waals surface area contributed by atoms with Crippen molar-refractivity contribution >= 4 is 24.8 Å². The van der Waals surface area contributed by atoms with Crippen LogP contribution in [0.4, 0.5) is 4.39 Å². The number of piperazine rings is 1. The molecule has 0 aromatic heterocycles. The summed E-state index contributed by atoms with van der Waals surface area (Å²) in [5.41, 5.74) is 0. The Bertz CT molecular complexity index is 68.7. The van der Waals surface area contributed by atoms with Gasteiger partial charge in [-0.2, -0.15) is 0 Å². The van der Waals surface area contributed by atoms with Crippen molar-refractivity contribution in [2.75, 3.05) is 33.0 Å². The Morgan fingerprint density at radius 3 is 2.00 bits per heavy atom. The van der Waals surface area contributed by atoms with Gasteiger partial charge in [-0.05, 0) is 0 Å². The van der Waals surface area contributed by atoms with E-state index < -0.39 is 0 Å². The van der Waals surface area contributed by atoms with Gasteiger partial charge in [0.1, 0.15) is 6.80 Å². The van der Waals surface area contributed by atoms with Gasteiger partial charge in [0.25, 0.3) is 0 Å². The maximum atomic E-state index is 11.8. The third-order valence-corrected chi connectivity index (χ3v) is 1.38. The Kier molecular flexibility index (Phi) is 9.84. The Morgan fingerprint density at radius 1 is 1.20 bits per heavy atom. The van der Waals surface area contributed by atoms with Crippen molar-refractivity contribution in [1.29, 1.82) is 0 Å². The smallest absolute Gasteiger partial charge is 0.143 e. The van der Waals surface area contributed by atoms with Crippen molar-refractivity contribution in [3.8, 4) is 0 Å². The zero-order chi connectivity index (χ0) is 5.82.